The number of rotatable bonds is 4. The van der Waals surface area contributed by atoms with E-state index in [4.69, 9.17) is 0 Å². The minimum atomic E-state index is -1.85. The lowest BCUT2D eigenvalue weighted by molar-refractivity contribution is 0.0434. The summed E-state index contributed by atoms with van der Waals surface area (Å²) in [7, 11) is 0.500. The standard InChI is InChI=1S/C10H12F2O.CH3F/c1-2-8-3-5-9(6-4-8)13-10(12)7-11;1-2/h3-6,10H,2,7H2,1H3;1H3. The fraction of sp³-hybridized carbons (Fsp3) is 0.455. The molecule has 0 fully saturated rings. The van der Waals surface area contributed by atoms with E-state index in [1.807, 2.05) is 19.1 Å². The Morgan fingerprint density at radius 2 is 1.73 bits per heavy atom. The Morgan fingerprint density at radius 3 is 2.13 bits per heavy atom. The molecule has 0 aliphatic heterocycles. The van der Waals surface area contributed by atoms with Crippen LogP contribution < -0.4 is 4.74 Å². The van der Waals surface area contributed by atoms with Gasteiger partial charge in [-0.1, -0.05) is 19.1 Å². The number of ether oxygens (including phenoxy) is 1. The molecule has 0 spiro atoms. The smallest absolute Gasteiger partial charge is 0.266 e. The summed E-state index contributed by atoms with van der Waals surface area (Å²) in [5.41, 5.74) is 1.14. The largest absolute Gasteiger partial charge is 0.458 e. The minimum absolute atomic E-state index is 0.363. The molecule has 0 aromatic heterocycles. The zero-order chi connectivity index (χ0) is 11.7. The first kappa shape index (κ1) is 13.8. The first-order valence-electron chi connectivity index (χ1n) is 4.59. The van der Waals surface area contributed by atoms with Gasteiger partial charge in [-0.05, 0) is 24.1 Å². The first-order valence-corrected chi connectivity index (χ1v) is 4.59. The highest BCUT2D eigenvalue weighted by molar-refractivity contribution is 5.27. The molecule has 0 heterocycles. The monoisotopic (exact) mass is 220 g/mol. The van der Waals surface area contributed by atoms with E-state index in [2.05, 4.69) is 4.74 Å². The number of hydrogen-bond donors (Lipinski definition) is 0. The highest BCUT2D eigenvalue weighted by Gasteiger charge is 2.05. The highest BCUT2D eigenvalue weighted by Crippen LogP contribution is 2.14. The second-order valence-corrected chi connectivity index (χ2v) is 2.68. The van der Waals surface area contributed by atoms with Crippen molar-refractivity contribution in [3.05, 3.63) is 29.8 Å². The molecule has 1 atom stereocenters. The average molecular weight is 220 g/mol. The minimum Gasteiger partial charge on any atom is -0.458 e. The normalized spacial score (nSPS) is 11.3. The molecule has 86 valence electrons. The van der Waals surface area contributed by atoms with Crippen molar-refractivity contribution in [2.75, 3.05) is 13.9 Å². The lowest BCUT2D eigenvalue weighted by Gasteiger charge is -2.07. The Kier molecular flexibility index (Phi) is 7.50. The molecule has 1 unspecified atom stereocenters. The van der Waals surface area contributed by atoms with Crippen LogP contribution in [0.4, 0.5) is 13.2 Å². The van der Waals surface area contributed by atoms with Gasteiger partial charge in [0.2, 0.25) is 0 Å². The number of hydrogen-bond acceptors (Lipinski definition) is 1. The van der Waals surface area contributed by atoms with Crippen molar-refractivity contribution in [2.24, 2.45) is 0 Å². The fourth-order valence-corrected chi connectivity index (χ4v) is 0.983. The topological polar surface area (TPSA) is 9.23 Å². The third kappa shape index (κ3) is 5.30. The maximum absolute atomic E-state index is 12.4. The van der Waals surface area contributed by atoms with Crippen molar-refractivity contribution in [1.29, 1.82) is 0 Å². The number of alkyl halides is 3. The Bertz CT molecular complexity index is 249. The summed E-state index contributed by atoms with van der Waals surface area (Å²) in [4.78, 5) is 0. The van der Waals surface area contributed by atoms with Crippen LogP contribution >= 0.6 is 0 Å². The predicted octanol–water partition coefficient (Wildman–Crippen LogP) is 3.48. The molecule has 0 N–H and O–H groups in total. The summed E-state index contributed by atoms with van der Waals surface area (Å²) in [6.45, 7) is 0.908. The van der Waals surface area contributed by atoms with Crippen LogP contribution in [-0.4, -0.2) is 20.2 Å². The Labute approximate surface area is 87.9 Å². The third-order valence-electron chi connectivity index (χ3n) is 1.72. The molecule has 0 saturated heterocycles. The lowest BCUT2D eigenvalue weighted by atomic mass is 10.2. The van der Waals surface area contributed by atoms with Crippen LogP contribution in [0, 0.1) is 0 Å². The van der Waals surface area contributed by atoms with Gasteiger partial charge in [0.05, 0.1) is 7.18 Å². The quantitative estimate of drug-likeness (QED) is 0.754. The predicted molar refractivity (Wildman–Crippen MR) is 54.4 cm³/mol. The van der Waals surface area contributed by atoms with Gasteiger partial charge in [0.15, 0.2) is 6.67 Å². The van der Waals surface area contributed by atoms with Crippen LogP contribution in [0.15, 0.2) is 24.3 Å². The summed E-state index contributed by atoms with van der Waals surface area (Å²) in [6, 6.07) is 6.95. The molecule has 0 saturated carbocycles. The van der Waals surface area contributed by atoms with E-state index in [1.54, 1.807) is 12.1 Å². The van der Waals surface area contributed by atoms with Crippen LogP contribution in [0.2, 0.25) is 0 Å². The van der Waals surface area contributed by atoms with Gasteiger partial charge >= 0.3 is 0 Å². The molecule has 0 aliphatic carbocycles. The van der Waals surface area contributed by atoms with E-state index in [-0.39, 0.29) is 0 Å². The molecule has 1 nitrogen and oxygen atoms in total. The maximum atomic E-state index is 12.4. The van der Waals surface area contributed by atoms with E-state index >= 15 is 0 Å². The second-order valence-electron chi connectivity index (χ2n) is 2.68. The van der Waals surface area contributed by atoms with Gasteiger partial charge in [0, 0.05) is 0 Å². The Morgan fingerprint density at radius 1 is 1.20 bits per heavy atom. The summed E-state index contributed by atoms with van der Waals surface area (Å²) >= 11 is 0. The van der Waals surface area contributed by atoms with Gasteiger partial charge in [-0.3, -0.25) is 4.39 Å². The highest BCUT2D eigenvalue weighted by atomic mass is 19.2. The van der Waals surface area contributed by atoms with Crippen molar-refractivity contribution < 1.29 is 17.9 Å². The van der Waals surface area contributed by atoms with E-state index in [9.17, 15) is 13.2 Å². The average Bonchev–Trinajstić information content (AvgIpc) is 2.32. The van der Waals surface area contributed by atoms with E-state index in [0.717, 1.165) is 12.0 Å². The molecule has 1 aromatic rings. The molecule has 0 aliphatic rings. The SMILES string of the molecule is CCc1ccc(OC(F)CF)cc1.CF. The molecular weight excluding hydrogens is 205 g/mol. The van der Waals surface area contributed by atoms with E-state index in [1.165, 1.54) is 0 Å². The van der Waals surface area contributed by atoms with Crippen LogP contribution in [0.5, 0.6) is 5.75 Å². The van der Waals surface area contributed by atoms with Crippen LogP contribution in [0.3, 0.4) is 0 Å². The van der Waals surface area contributed by atoms with Gasteiger partial charge in [0.1, 0.15) is 5.75 Å². The zero-order valence-corrected chi connectivity index (χ0v) is 8.84. The van der Waals surface area contributed by atoms with E-state index in [0.29, 0.717) is 12.9 Å². The van der Waals surface area contributed by atoms with Crippen LogP contribution in [0.1, 0.15) is 12.5 Å². The van der Waals surface area contributed by atoms with Gasteiger partial charge in [0.25, 0.3) is 6.36 Å². The maximum Gasteiger partial charge on any atom is 0.266 e. The molecule has 1 rings (SSSR count). The van der Waals surface area contributed by atoms with Gasteiger partial charge < -0.3 is 4.74 Å². The Hall–Kier alpha value is -1.19. The van der Waals surface area contributed by atoms with Crippen molar-refractivity contribution >= 4 is 0 Å². The molecule has 1 aromatic carbocycles. The van der Waals surface area contributed by atoms with Crippen molar-refractivity contribution in [3.8, 4) is 5.75 Å². The first-order chi connectivity index (χ1) is 7.26. The Balaban J connectivity index is 0.000000921. The molecular formula is C11H15F3O. The van der Waals surface area contributed by atoms with Crippen molar-refractivity contribution in [1.82, 2.24) is 0 Å². The number of benzene rings is 1. The van der Waals surface area contributed by atoms with E-state index < -0.39 is 13.0 Å². The summed E-state index contributed by atoms with van der Waals surface area (Å²) in [6.07, 6.45) is -0.935. The second kappa shape index (κ2) is 8.15. The van der Waals surface area contributed by atoms with Gasteiger partial charge in [-0.2, -0.15) is 4.39 Å². The molecule has 0 radical (unpaired) electrons. The third-order valence-corrected chi connectivity index (χ3v) is 1.72. The van der Waals surface area contributed by atoms with Crippen molar-refractivity contribution in [3.63, 3.8) is 0 Å². The zero-order valence-electron chi connectivity index (χ0n) is 8.84. The molecule has 4 heteroatoms. The fourth-order valence-electron chi connectivity index (χ4n) is 0.983. The van der Waals surface area contributed by atoms with Crippen molar-refractivity contribution in [2.45, 2.75) is 19.7 Å². The number of aryl methyl sites for hydroxylation is 1. The summed E-state index contributed by atoms with van der Waals surface area (Å²) < 4.78 is 38.2. The molecule has 15 heavy (non-hydrogen) atoms. The molecule has 0 amide bonds. The summed E-state index contributed by atoms with van der Waals surface area (Å²) in [5.74, 6) is 0.363. The molecule has 0 bridgehead atoms. The lowest BCUT2D eigenvalue weighted by Crippen LogP contribution is -2.11. The van der Waals surface area contributed by atoms with Gasteiger partial charge in [-0.25, -0.2) is 4.39 Å². The summed E-state index contributed by atoms with van der Waals surface area (Å²) in [5, 5.41) is 0. The van der Waals surface area contributed by atoms with Crippen LogP contribution in [0.25, 0.3) is 0 Å². The van der Waals surface area contributed by atoms with Gasteiger partial charge in [-0.15, -0.1) is 0 Å². The van der Waals surface area contributed by atoms with Crippen LogP contribution in [-0.2, 0) is 6.42 Å². The number of halogens is 3.